The first-order valence-corrected chi connectivity index (χ1v) is 5.66. The van der Waals surface area contributed by atoms with Gasteiger partial charge in [0.1, 0.15) is 18.3 Å². The number of hydrogen-bond donors (Lipinski definition) is 1. The molecule has 0 radical (unpaired) electrons. The van der Waals surface area contributed by atoms with Crippen molar-refractivity contribution in [3.05, 3.63) is 0 Å². The highest BCUT2D eigenvalue weighted by molar-refractivity contribution is 4.90. The Hall–Kier alpha value is -0.200. The fourth-order valence-corrected chi connectivity index (χ4v) is 1.99. The molecular formula is C11H22O5. The van der Waals surface area contributed by atoms with Crippen LogP contribution in [0.5, 0.6) is 0 Å². The van der Waals surface area contributed by atoms with Gasteiger partial charge in [-0.05, 0) is 13.3 Å². The van der Waals surface area contributed by atoms with Gasteiger partial charge in [-0.2, -0.15) is 0 Å². The summed E-state index contributed by atoms with van der Waals surface area (Å²) in [5.41, 5.74) is 0. The first-order valence-electron chi connectivity index (χ1n) is 5.66. The van der Waals surface area contributed by atoms with Crippen LogP contribution in [-0.2, 0) is 18.9 Å². The summed E-state index contributed by atoms with van der Waals surface area (Å²) in [6, 6.07) is 0. The van der Waals surface area contributed by atoms with Crippen LogP contribution in [0.25, 0.3) is 0 Å². The Morgan fingerprint density at radius 3 is 2.25 bits per heavy atom. The lowest BCUT2D eigenvalue weighted by molar-refractivity contribution is -0.294. The Kier molecular flexibility index (Phi) is 5.64. The first-order chi connectivity index (χ1) is 7.65. The maximum Gasteiger partial charge on any atom is 0.184 e. The van der Waals surface area contributed by atoms with Crippen molar-refractivity contribution >= 4 is 0 Å². The van der Waals surface area contributed by atoms with Gasteiger partial charge in [-0.3, -0.25) is 0 Å². The molecular weight excluding hydrogens is 212 g/mol. The highest BCUT2D eigenvalue weighted by atomic mass is 16.7. The second-order valence-corrected chi connectivity index (χ2v) is 3.97. The van der Waals surface area contributed by atoms with Crippen molar-refractivity contribution in [1.29, 1.82) is 0 Å². The number of methoxy groups -OCH3 is 2. The summed E-state index contributed by atoms with van der Waals surface area (Å²) < 4.78 is 21.6. The molecule has 5 atom stereocenters. The molecule has 1 N–H and O–H groups in total. The van der Waals surface area contributed by atoms with E-state index in [1.807, 2.05) is 13.8 Å². The molecule has 1 heterocycles. The quantitative estimate of drug-likeness (QED) is 0.752. The maximum atomic E-state index is 9.70. The van der Waals surface area contributed by atoms with Crippen LogP contribution in [-0.4, -0.2) is 56.6 Å². The number of aliphatic hydroxyl groups is 1. The van der Waals surface area contributed by atoms with E-state index in [-0.39, 0.29) is 18.3 Å². The van der Waals surface area contributed by atoms with Gasteiger partial charge in [0.15, 0.2) is 6.29 Å². The molecule has 1 rings (SSSR count). The van der Waals surface area contributed by atoms with Crippen LogP contribution >= 0.6 is 0 Å². The Balaban J connectivity index is 2.70. The highest BCUT2D eigenvalue weighted by Crippen LogP contribution is 2.26. The molecule has 0 bridgehead atoms. The average Bonchev–Trinajstić information content (AvgIpc) is 2.27. The lowest BCUT2D eigenvalue weighted by Gasteiger charge is -2.42. The van der Waals surface area contributed by atoms with Crippen molar-refractivity contribution in [2.75, 3.05) is 20.8 Å². The van der Waals surface area contributed by atoms with E-state index >= 15 is 0 Å². The smallest absolute Gasteiger partial charge is 0.184 e. The summed E-state index contributed by atoms with van der Waals surface area (Å²) in [6.45, 7) is 4.55. The normalized spacial score (nSPS) is 39.9. The molecule has 16 heavy (non-hydrogen) atoms. The van der Waals surface area contributed by atoms with Gasteiger partial charge in [0.25, 0.3) is 0 Å². The van der Waals surface area contributed by atoms with E-state index < -0.39 is 12.4 Å². The Bertz CT molecular complexity index is 199. The second-order valence-electron chi connectivity index (χ2n) is 3.97. The third kappa shape index (κ3) is 2.93. The molecule has 0 aromatic rings. The third-order valence-electron chi connectivity index (χ3n) is 2.80. The van der Waals surface area contributed by atoms with Crippen LogP contribution < -0.4 is 0 Å². The summed E-state index contributed by atoms with van der Waals surface area (Å²) in [7, 11) is 3.11. The zero-order valence-corrected chi connectivity index (χ0v) is 10.4. The van der Waals surface area contributed by atoms with Gasteiger partial charge >= 0.3 is 0 Å². The molecule has 1 aliphatic heterocycles. The molecule has 0 aliphatic carbocycles. The predicted octanol–water partition coefficient (Wildman–Crippen LogP) is 0.549. The molecule has 0 aromatic carbocycles. The van der Waals surface area contributed by atoms with Gasteiger partial charge in [0.2, 0.25) is 0 Å². The molecule has 5 nitrogen and oxygen atoms in total. The zero-order chi connectivity index (χ0) is 12.1. The van der Waals surface area contributed by atoms with E-state index in [1.54, 1.807) is 7.11 Å². The van der Waals surface area contributed by atoms with E-state index in [0.717, 1.165) is 6.42 Å². The number of hydrogen-bond acceptors (Lipinski definition) is 5. The van der Waals surface area contributed by atoms with E-state index in [1.165, 1.54) is 7.11 Å². The van der Waals surface area contributed by atoms with Gasteiger partial charge in [-0.1, -0.05) is 6.92 Å². The minimum absolute atomic E-state index is 0.210. The van der Waals surface area contributed by atoms with E-state index in [4.69, 9.17) is 18.9 Å². The standard InChI is InChI=1S/C11H22O5/c1-5-6-15-8-7(2)16-11(12)10(14-4)9(8)13-3/h7-12H,5-6H2,1-4H3/t7-,8-,9+,10+,11?/m0/s1. The Morgan fingerprint density at radius 1 is 1.12 bits per heavy atom. The van der Waals surface area contributed by atoms with E-state index in [0.29, 0.717) is 6.61 Å². The van der Waals surface area contributed by atoms with Crippen molar-refractivity contribution in [2.45, 2.75) is 51.0 Å². The number of aliphatic hydroxyl groups excluding tert-OH is 1. The summed E-state index contributed by atoms with van der Waals surface area (Å²) in [5.74, 6) is 0. The van der Waals surface area contributed by atoms with Crippen LogP contribution in [0.1, 0.15) is 20.3 Å². The minimum atomic E-state index is -0.966. The maximum absolute atomic E-state index is 9.70. The fraction of sp³-hybridized carbons (Fsp3) is 1.00. The van der Waals surface area contributed by atoms with Crippen LogP contribution in [0, 0.1) is 0 Å². The predicted molar refractivity (Wildman–Crippen MR) is 58.2 cm³/mol. The van der Waals surface area contributed by atoms with E-state index in [2.05, 4.69) is 0 Å². The molecule has 1 unspecified atom stereocenters. The SMILES string of the molecule is CCCO[C@@H]1[C@@H](OC)[C@@H](OC)C(O)O[C@H]1C. The molecule has 0 spiro atoms. The van der Waals surface area contributed by atoms with E-state index in [9.17, 15) is 5.11 Å². The molecule has 0 saturated carbocycles. The molecule has 0 aromatic heterocycles. The molecule has 1 fully saturated rings. The van der Waals surface area contributed by atoms with Crippen molar-refractivity contribution < 1.29 is 24.1 Å². The summed E-state index contributed by atoms with van der Waals surface area (Å²) >= 11 is 0. The second kappa shape index (κ2) is 6.51. The lowest BCUT2D eigenvalue weighted by atomic mass is 9.99. The molecule has 0 amide bonds. The first kappa shape index (κ1) is 13.9. The third-order valence-corrected chi connectivity index (χ3v) is 2.80. The van der Waals surface area contributed by atoms with Crippen LogP contribution in [0.3, 0.4) is 0 Å². The highest BCUT2D eigenvalue weighted by Gasteiger charge is 2.44. The zero-order valence-electron chi connectivity index (χ0n) is 10.4. The largest absolute Gasteiger partial charge is 0.376 e. The van der Waals surface area contributed by atoms with Crippen molar-refractivity contribution in [3.63, 3.8) is 0 Å². The number of rotatable bonds is 5. The van der Waals surface area contributed by atoms with Crippen LogP contribution in [0.4, 0.5) is 0 Å². The summed E-state index contributed by atoms with van der Waals surface area (Å²) in [5, 5.41) is 9.70. The molecule has 96 valence electrons. The van der Waals surface area contributed by atoms with Crippen molar-refractivity contribution in [2.24, 2.45) is 0 Å². The minimum Gasteiger partial charge on any atom is -0.376 e. The van der Waals surface area contributed by atoms with Crippen molar-refractivity contribution in [3.8, 4) is 0 Å². The van der Waals surface area contributed by atoms with Gasteiger partial charge in [-0.25, -0.2) is 0 Å². The topological polar surface area (TPSA) is 57.2 Å². The van der Waals surface area contributed by atoms with Crippen molar-refractivity contribution in [1.82, 2.24) is 0 Å². The number of ether oxygens (including phenoxy) is 4. The summed E-state index contributed by atoms with van der Waals surface area (Å²) in [4.78, 5) is 0. The van der Waals surface area contributed by atoms with Gasteiger partial charge in [0, 0.05) is 20.8 Å². The molecule has 1 aliphatic rings. The Morgan fingerprint density at radius 2 is 1.75 bits per heavy atom. The van der Waals surface area contributed by atoms with Crippen LogP contribution in [0.15, 0.2) is 0 Å². The molecule has 5 heteroatoms. The summed E-state index contributed by atoms with van der Waals surface area (Å²) in [6.07, 6.45) is -1.28. The Labute approximate surface area is 96.6 Å². The van der Waals surface area contributed by atoms with Gasteiger partial charge < -0.3 is 24.1 Å². The van der Waals surface area contributed by atoms with Gasteiger partial charge in [0.05, 0.1) is 6.10 Å². The average molecular weight is 234 g/mol. The van der Waals surface area contributed by atoms with Crippen LogP contribution in [0.2, 0.25) is 0 Å². The fourth-order valence-electron chi connectivity index (χ4n) is 1.99. The monoisotopic (exact) mass is 234 g/mol. The molecule has 1 saturated heterocycles. The van der Waals surface area contributed by atoms with Gasteiger partial charge in [-0.15, -0.1) is 0 Å². The lowest BCUT2D eigenvalue weighted by Crippen LogP contribution is -2.58.